The van der Waals surface area contributed by atoms with Gasteiger partial charge in [-0.1, -0.05) is 25.1 Å². The molecule has 2 aliphatic heterocycles. The van der Waals surface area contributed by atoms with Gasteiger partial charge in [-0.15, -0.1) is 11.8 Å². The Bertz CT molecular complexity index is 553. The number of hydrogen-bond donors (Lipinski definition) is 0. The molecular weight excluding hydrogens is 284 g/mol. The number of nitrogens with zero attached hydrogens (tertiary/aromatic N) is 2. The van der Waals surface area contributed by atoms with Gasteiger partial charge in [0.15, 0.2) is 0 Å². The van der Waals surface area contributed by atoms with Crippen LogP contribution in [0.25, 0.3) is 0 Å². The molecule has 2 heterocycles. The van der Waals surface area contributed by atoms with Gasteiger partial charge in [-0.05, 0) is 11.6 Å². The highest BCUT2D eigenvalue weighted by atomic mass is 32.2. The topological polar surface area (TPSA) is 40.6 Å². The predicted octanol–water partition coefficient (Wildman–Crippen LogP) is 1.96. The Hall–Kier alpha value is -1.49. The summed E-state index contributed by atoms with van der Waals surface area (Å²) in [7, 11) is 0. The van der Waals surface area contributed by atoms with Gasteiger partial charge in [-0.2, -0.15) is 0 Å². The van der Waals surface area contributed by atoms with Crippen LogP contribution in [0.3, 0.4) is 0 Å². The van der Waals surface area contributed by atoms with Crippen molar-refractivity contribution in [3.8, 4) is 0 Å². The van der Waals surface area contributed by atoms with E-state index in [9.17, 15) is 9.59 Å². The maximum absolute atomic E-state index is 12.7. The second kappa shape index (κ2) is 6.10. The highest BCUT2D eigenvalue weighted by molar-refractivity contribution is 7.99. The standard InChI is InChI=1S/C16H20N2O2S/c1-2-15(19)17-7-9-18(10-8-17)16(20)13-11-21-14-6-4-3-5-12(13)14/h3-6,13H,2,7-11H2,1H3/t13-/m1/s1. The van der Waals surface area contributed by atoms with Gasteiger partial charge in [0, 0.05) is 43.2 Å². The van der Waals surface area contributed by atoms with Gasteiger partial charge in [-0.3, -0.25) is 9.59 Å². The van der Waals surface area contributed by atoms with E-state index in [1.807, 2.05) is 28.9 Å². The van der Waals surface area contributed by atoms with Crippen LogP contribution in [-0.2, 0) is 9.59 Å². The summed E-state index contributed by atoms with van der Waals surface area (Å²) in [5, 5.41) is 0. The minimum Gasteiger partial charge on any atom is -0.339 e. The van der Waals surface area contributed by atoms with Crippen LogP contribution in [0.15, 0.2) is 29.2 Å². The van der Waals surface area contributed by atoms with Crippen molar-refractivity contribution in [2.45, 2.75) is 24.2 Å². The van der Waals surface area contributed by atoms with Gasteiger partial charge in [-0.25, -0.2) is 0 Å². The molecular formula is C16H20N2O2S. The molecule has 1 aromatic carbocycles. The molecule has 1 atom stereocenters. The van der Waals surface area contributed by atoms with Crippen LogP contribution in [0, 0.1) is 0 Å². The fraction of sp³-hybridized carbons (Fsp3) is 0.500. The first-order valence-corrected chi connectivity index (χ1v) is 8.47. The first-order chi connectivity index (χ1) is 10.2. The van der Waals surface area contributed by atoms with E-state index in [4.69, 9.17) is 0 Å². The summed E-state index contributed by atoms with van der Waals surface area (Å²) in [6, 6.07) is 8.18. The summed E-state index contributed by atoms with van der Waals surface area (Å²) in [5.41, 5.74) is 1.17. The Labute approximate surface area is 129 Å². The number of hydrogen-bond acceptors (Lipinski definition) is 3. The quantitative estimate of drug-likeness (QED) is 0.838. The fourth-order valence-electron chi connectivity index (χ4n) is 2.99. The minimum atomic E-state index is -0.0142. The van der Waals surface area contributed by atoms with Crippen LogP contribution in [-0.4, -0.2) is 53.5 Å². The molecule has 2 amide bonds. The molecule has 0 N–H and O–H groups in total. The van der Waals surface area contributed by atoms with Crippen molar-refractivity contribution in [3.63, 3.8) is 0 Å². The average molecular weight is 304 g/mol. The molecule has 0 aromatic heterocycles. The number of thioether (sulfide) groups is 1. The van der Waals surface area contributed by atoms with E-state index in [0.29, 0.717) is 32.6 Å². The Balaban J connectivity index is 1.64. The summed E-state index contributed by atoms with van der Waals surface area (Å²) in [5.74, 6) is 1.23. The van der Waals surface area contributed by atoms with Gasteiger partial charge in [0.2, 0.25) is 11.8 Å². The molecule has 1 fully saturated rings. The number of benzene rings is 1. The molecule has 0 spiro atoms. The van der Waals surface area contributed by atoms with E-state index >= 15 is 0 Å². The molecule has 112 valence electrons. The molecule has 21 heavy (non-hydrogen) atoms. The second-order valence-corrected chi connectivity index (χ2v) is 6.52. The van der Waals surface area contributed by atoms with Crippen LogP contribution in [0.5, 0.6) is 0 Å². The van der Waals surface area contributed by atoms with E-state index in [1.54, 1.807) is 11.8 Å². The number of amides is 2. The third-order valence-electron chi connectivity index (χ3n) is 4.24. The molecule has 0 bridgehead atoms. The summed E-state index contributed by atoms with van der Waals surface area (Å²) in [6.45, 7) is 4.54. The predicted molar refractivity (Wildman–Crippen MR) is 83.4 cm³/mol. The third kappa shape index (κ3) is 2.79. The summed E-state index contributed by atoms with van der Waals surface area (Å²) >= 11 is 1.77. The normalized spacial score (nSPS) is 21.3. The fourth-order valence-corrected chi connectivity index (χ4v) is 4.21. The lowest BCUT2D eigenvalue weighted by Gasteiger charge is -2.36. The number of rotatable bonds is 2. The maximum Gasteiger partial charge on any atom is 0.231 e. The van der Waals surface area contributed by atoms with Gasteiger partial charge >= 0.3 is 0 Å². The van der Waals surface area contributed by atoms with Gasteiger partial charge in [0.25, 0.3) is 0 Å². The molecule has 0 aliphatic carbocycles. The first-order valence-electron chi connectivity index (χ1n) is 7.49. The van der Waals surface area contributed by atoms with Crippen LogP contribution in [0.1, 0.15) is 24.8 Å². The van der Waals surface area contributed by atoms with Crippen molar-refractivity contribution >= 4 is 23.6 Å². The lowest BCUT2D eigenvalue weighted by Crippen LogP contribution is -2.51. The van der Waals surface area contributed by atoms with Crippen LogP contribution < -0.4 is 0 Å². The van der Waals surface area contributed by atoms with Crippen molar-refractivity contribution in [3.05, 3.63) is 29.8 Å². The van der Waals surface area contributed by atoms with E-state index in [2.05, 4.69) is 12.1 Å². The number of piperazine rings is 1. The van der Waals surface area contributed by atoms with Gasteiger partial charge in [0.1, 0.15) is 0 Å². The smallest absolute Gasteiger partial charge is 0.231 e. The zero-order valence-electron chi connectivity index (χ0n) is 12.2. The first kappa shape index (κ1) is 14.4. The average Bonchev–Trinajstić information content (AvgIpc) is 2.97. The third-order valence-corrected chi connectivity index (χ3v) is 5.43. The Morgan fingerprint density at radius 1 is 1.14 bits per heavy atom. The Kier molecular flexibility index (Phi) is 4.19. The van der Waals surface area contributed by atoms with Gasteiger partial charge in [0.05, 0.1) is 5.92 Å². The number of carbonyl (C=O) groups excluding carboxylic acids is 2. The molecule has 3 rings (SSSR count). The van der Waals surface area contributed by atoms with E-state index in [0.717, 1.165) is 5.75 Å². The maximum atomic E-state index is 12.7. The van der Waals surface area contributed by atoms with Gasteiger partial charge < -0.3 is 9.80 Å². The van der Waals surface area contributed by atoms with Crippen LogP contribution >= 0.6 is 11.8 Å². The second-order valence-electron chi connectivity index (χ2n) is 5.46. The van der Waals surface area contributed by atoms with Crippen molar-refractivity contribution in [1.82, 2.24) is 9.80 Å². The Morgan fingerprint density at radius 3 is 2.52 bits per heavy atom. The highest BCUT2D eigenvalue weighted by Gasteiger charge is 2.33. The molecule has 0 radical (unpaired) electrons. The van der Waals surface area contributed by atoms with Crippen molar-refractivity contribution in [1.29, 1.82) is 0 Å². The largest absolute Gasteiger partial charge is 0.339 e. The highest BCUT2D eigenvalue weighted by Crippen LogP contribution is 2.40. The summed E-state index contributed by atoms with van der Waals surface area (Å²) < 4.78 is 0. The lowest BCUT2D eigenvalue weighted by molar-refractivity contribution is -0.140. The molecule has 5 heteroatoms. The molecule has 1 aromatic rings. The van der Waals surface area contributed by atoms with E-state index in [-0.39, 0.29) is 17.7 Å². The van der Waals surface area contributed by atoms with Crippen molar-refractivity contribution in [2.24, 2.45) is 0 Å². The molecule has 2 aliphatic rings. The molecule has 1 saturated heterocycles. The molecule has 0 unspecified atom stereocenters. The SMILES string of the molecule is CCC(=O)N1CCN(C(=O)[C@@H]2CSc3ccccc32)CC1. The van der Waals surface area contributed by atoms with Crippen molar-refractivity contribution in [2.75, 3.05) is 31.9 Å². The zero-order valence-corrected chi connectivity index (χ0v) is 13.1. The van der Waals surface area contributed by atoms with Crippen molar-refractivity contribution < 1.29 is 9.59 Å². The monoisotopic (exact) mass is 304 g/mol. The zero-order chi connectivity index (χ0) is 14.8. The van der Waals surface area contributed by atoms with Crippen LogP contribution in [0.2, 0.25) is 0 Å². The number of carbonyl (C=O) groups is 2. The number of fused-ring (bicyclic) bond motifs is 1. The summed E-state index contributed by atoms with van der Waals surface area (Å²) in [6.07, 6.45) is 0.542. The Morgan fingerprint density at radius 2 is 1.81 bits per heavy atom. The van der Waals surface area contributed by atoms with E-state index in [1.165, 1.54) is 10.5 Å². The minimum absolute atomic E-state index is 0.0142. The lowest BCUT2D eigenvalue weighted by atomic mass is 9.99. The van der Waals surface area contributed by atoms with E-state index < -0.39 is 0 Å². The van der Waals surface area contributed by atoms with Crippen LogP contribution in [0.4, 0.5) is 0 Å². The molecule has 4 nitrogen and oxygen atoms in total. The molecule has 0 saturated carbocycles. The summed E-state index contributed by atoms with van der Waals surface area (Å²) in [4.78, 5) is 29.4.